The summed E-state index contributed by atoms with van der Waals surface area (Å²) in [4.78, 5) is 16.9. The number of benzene rings is 2. The van der Waals surface area contributed by atoms with Crippen LogP contribution in [-0.2, 0) is 6.54 Å². The van der Waals surface area contributed by atoms with E-state index in [0.717, 1.165) is 22.4 Å². The molecule has 0 aliphatic heterocycles. The first-order valence-corrected chi connectivity index (χ1v) is 9.20. The molecule has 0 saturated heterocycles. The molecule has 0 spiro atoms. The number of nitrogens with one attached hydrogen (secondary N) is 1. The summed E-state index contributed by atoms with van der Waals surface area (Å²) in [5, 5.41) is 3.63. The van der Waals surface area contributed by atoms with E-state index in [1.807, 2.05) is 72.8 Å². The highest BCUT2D eigenvalue weighted by Crippen LogP contribution is 2.24. The minimum Gasteiger partial charge on any atom is -0.463 e. The summed E-state index contributed by atoms with van der Waals surface area (Å²) in [7, 11) is 0. The van der Waals surface area contributed by atoms with Crippen LogP contribution in [0.5, 0.6) is 0 Å². The van der Waals surface area contributed by atoms with Gasteiger partial charge in [-0.3, -0.25) is 9.78 Å². The molecule has 0 unspecified atom stereocenters. The lowest BCUT2D eigenvalue weighted by molar-refractivity contribution is 0.0951. The minimum atomic E-state index is -0.146. The molecule has 2 aromatic heterocycles. The minimum absolute atomic E-state index is 0.146. The molecule has 5 heteroatoms. The predicted octanol–water partition coefficient (Wildman–Crippen LogP) is 5.59. The third-order valence-electron chi connectivity index (χ3n) is 4.39. The Labute approximate surface area is 167 Å². The number of rotatable bonds is 5. The number of carbonyl (C=O) groups excluding carboxylic acids is 1. The van der Waals surface area contributed by atoms with Crippen LogP contribution in [0.4, 0.5) is 0 Å². The summed E-state index contributed by atoms with van der Waals surface area (Å²) < 4.78 is 5.43. The van der Waals surface area contributed by atoms with E-state index in [1.165, 1.54) is 0 Å². The summed E-state index contributed by atoms with van der Waals surface area (Å²) in [6, 6.07) is 22.5. The third kappa shape index (κ3) is 3.97. The number of amides is 1. The van der Waals surface area contributed by atoms with E-state index in [-0.39, 0.29) is 5.91 Å². The molecule has 0 bridgehead atoms. The van der Waals surface area contributed by atoms with E-state index in [9.17, 15) is 4.79 Å². The highest BCUT2D eigenvalue weighted by molar-refractivity contribution is 6.30. The van der Waals surface area contributed by atoms with Gasteiger partial charge >= 0.3 is 0 Å². The van der Waals surface area contributed by atoms with Crippen molar-refractivity contribution in [1.82, 2.24) is 10.3 Å². The molecule has 1 N–H and O–H groups in total. The van der Waals surface area contributed by atoms with Gasteiger partial charge in [-0.1, -0.05) is 41.9 Å². The molecule has 0 aliphatic carbocycles. The molecule has 2 aromatic carbocycles. The van der Waals surface area contributed by atoms with E-state index in [2.05, 4.69) is 10.3 Å². The van der Waals surface area contributed by atoms with Crippen molar-refractivity contribution in [2.45, 2.75) is 6.54 Å². The van der Waals surface area contributed by atoms with Gasteiger partial charge in [0.2, 0.25) is 0 Å². The SMILES string of the molecule is O=C(NCc1cccnc1-c1ccco1)c1ccc(-c2cccc(Cl)c2)cc1. The maximum Gasteiger partial charge on any atom is 0.251 e. The van der Waals surface area contributed by atoms with Gasteiger partial charge in [0.25, 0.3) is 5.91 Å². The zero-order valence-electron chi connectivity index (χ0n) is 14.9. The van der Waals surface area contributed by atoms with Gasteiger partial charge < -0.3 is 9.73 Å². The molecule has 4 rings (SSSR count). The van der Waals surface area contributed by atoms with Crippen LogP contribution in [0.25, 0.3) is 22.6 Å². The fraction of sp³-hybridized carbons (Fsp3) is 0.0435. The monoisotopic (exact) mass is 388 g/mol. The van der Waals surface area contributed by atoms with Gasteiger partial charge in [-0.05, 0) is 53.6 Å². The van der Waals surface area contributed by atoms with Crippen LogP contribution in [0.3, 0.4) is 0 Å². The van der Waals surface area contributed by atoms with Crippen LogP contribution < -0.4 is 5.32 Å². The lowest BCUT2D eigenvalue weighted by Gasteiger charge is -2.09. The van der Waals surface area contributed by atoms with E-state index in [0.29, 0.717) is 22.9 Å². The van der Waals surface area contributed by atoms with E-state index in [1.54, 1.807) is 12.5 Å². The molecule has 28 heavy (non-hydrogen) atoms. The van der Waals surface area contributed by atoms with E-state index >= 15 is 0 Å². The van der Waals surface area contributed by atoms with Gasteiger partial charge in [0.1, 0.15) is 5.69 Å². The number of nitrogens with zero attached hydrogens (tertiary/aromatic N) is 1. The molecule has 138 valence electrons. The van der Waals surface area contributed by atoms with Crippen molar-refractivity contribution in [3.8, 4) is 22.6 Å². The number of carbonyl (C=O) groups is 1. The standard InChI is InChI=1S/C23H17ClN2O2/c24-20-6-1-4-18(14-20)16-8-10-17(11-9-16)23(27)26-15-19-5-2-12-25-22(19)21-7-3-13-28-21/h1-14H,15H2,(H,26,27). The summed E-state index contributed by atoms with van der Waals surface area (Å²) in [6.07, 6.45) is 3.31. The maximum absolute atomic E-state index is 12.5. The number of hydrogen-bond donors (Lipinski definition) is 1. The summed E-state index contributed by atoms with van der Waals surface area (Å²) in [6.45, 7) is 0.360. The number of hydrogen-bond acceptors (Lipinski definition) is 3. The number of furan rings is 1. The van der Waals surface area contributed by atoms with Crippen molar-refractivity contribution in [2.75, 3.05) is 0 Å². The number of pyridine rings is 1. The fourth-order valence-electron chi connectivity index (χ4n) is 2.98. The van der Waals surface area contributed by atoms with Crippen molar-refractivity contribution in [3.05, 3.63) is 101 Å². The van der Waals surface area contributed by atoms with Crippen LogP contribution in [0.1, 0.15) is 15.9 Å². The zero-order valence-corrected chi connectivity index (χ0v) is 15.7. The second kappa shape index (κ2) is 8.11. The van der Waals surface area contributed by atoms with Crippen molar-refractivity contribution in [2.24, 2.45) is 0 Å². The van der Waals surface area contributed by atoms with Gasteiger partial charge in [-0.15, -0.1) is 0 Å². The van der Waals surface area contributed by atoms with Crippen molar-refractivity contribution in [1.29, 1.82) is 0 Å². The molecule has 4 nitrogen and oxygen atoms in total. The second-order valence-electron chi connectivity index (χ2n) is 6.26. The van der Waals surface area contributed by atoms with E-state index < -0.39 is 0 Å². The molecule has 4 aromatic rings. The second-order valence-corrected chi connectivity index (χ2v) is 6.70. The number of aromatic nitrogens is 1. The quantitative estimate of drug-likeness (QED) is 0.484. The molecule has 0 atom stereocenters. The lowest BCUT2D eigenvalue weighted by Crippen LogP contribution is -2.23. The Morgan fingerprint density at radius 1 is 0.964 bits per heavy atom. The Kier molecular flexibility index (Phi) is 5.22. The van der Waals surface area contributed by atoms with Crippen LogP contribution in [0.2, 0.25) is 5.02 Å². The van der Waals surface area contributed by atoms with E-state index in [4.69, 9.17) is 16.0 Å². The average Bonchev–Trinajstić information content (AvgIpc) is 3.27. The first-order chi connectivity index (χ1) is 13.7. The summed E-state index contributed by atoms with van der Waals surface area (Å²) >= 11 is 6.05. The molecular formula is C23H17ClN2O2. The summed E-state index contributed by atoms with van der Waals surface area (Å²) in [5.41, 5.74) is 4.23. The molecule has 0 fully saturated rings. The van der Waals surface area contributed by atoms with Crippen LogP contribution >= 0.6 is 11.6 Å². The largest absolute Gasteiger partial charge is 0.463 e. The Morgan fingerprint density at radius 3 is 2.57 bits per heavy atom. The Hall–Kier alpha value is -3.37. The Balaban J connectivity index is 1.46. The topological polar surface area (TPSA) is 55.1 Å². The summed E-state index contributed by atoms with van der Waals surface area (Å²) in [5.74, 6) is 0.530. The van der Waals surface area contributed by atoms with Crippen LogP contribution in [0.15, 0.2) is 89.7 Å². The van der Waals surface area contributed by atoms with Gasteiger partial charge in [0.05, 0.1) is 6.26 Å². The van der Waals surface area contributed by atoms with Crippen molar-refractivity contribution < 1.29 is 9.21 Å². The average molecular weight is 389 g/mol. The Morgan fingerprint density at radius 2 is 1.82 bits per heavy atom. The van der Waals surface area contributed by atoms with Crippen molar-refractivity contribution in [3.63, 3.8) is 0 Å². The van der Waals surface area contributed by atoms with Gasteiger partial charge in [-0.25, -0.2) is 0 Å². The van der Waals surface area contributed by atoms with Gasteiger partial charge in [-0.2, -0.15) is 0 Å². The smallest absolute Gasteiger partial charge is 0.251 e. The van der Waals surface area contributed by atoms with Crippen LogP contribution in [0, 0.1) is 0 Å². The van der Waals surface area contributed by atoms with Crippen molar-refractivity contribution >= 4 is 17.5 Å². The predicted molar refractivity (Wildman–Crippen MR) is 110 cm³/mol. The molecule has 0 saturated carbocycles. The first kappa shape index (κ1) is 18.0. The fourth-order valence-corrected chi connectivity index (χ4v) is 3.17. The third-order valence-corrected chi connectivity index (χ3v) is 4.63. The molecular weight excluding hydrogens is 372 g/mol. The zero-order chi connectivity index (χ0) is 19.3. The van der Waals surface area contributed by atoms with Gasteiger partial charge in [0, 0.05) is 28.9 Å². The molecule has 0 radical (unpaired) electrons. The highest BCUT2D eigenvalue weighted by Gasteiger charge is 2.11. The van der Waals surface area contributed by atoms with Crippen LogP contribution in [-0.4, -0.2) is 10.9 Å². The first-order valence-electron chi connectivity index (χ1n) is 8.83. The maximum atomic E-state index is 12.5. The normalized spacial score (nSPS) is 10.6. The highest BCUT2D eigenvalue weighted by atomic mass is 35.5. The Bertz CT molecular complexity index is 1090. The molecule has 2 heterocycles. The lowest BCUT2D eigenvalue weighted by atomic mass is 10.0. The molecule has 0 aliphatic rings. The van der Waals surface area contributed by atoms with Gasteiger partial charge in [0.15, 0.2) is 5.76 Å². The molecule has 1 amide bonds. The number of halogens is 1.